The van der Waals surface area contributed by atoms with Crippen LogP contribution in [0, 0.1) is 17.6 Å². The third kappa shape index (κ3) is 1.68. The van der Waals surface area contributed by atoms with Gasteiger partial charge in [-0.2, -0.15) is 0 Å². The van der Waals surface area contributed by atoms with Crippen LogP contribution in [-0.4, -0.2) is 11.8 Å². The Bertz CT molecular complexity index is 482. The van der Waals surface area contributed by atoms with Gasteiger partial charge in [-0.1, -0.05) is 0 Å². The van der Waals surface area contributed by atoms with Crippen molar-refractivity contribution in [2.24, 2.45) is 5.92 Å². The van der Waals surface area contributed by atoms with Crippen molar-refractivity contribution in [3.63, 3.8) is 0 Å². The lowest BCUT2D eigenvalue weighted by atomic mass is 9.93. The molecule has 0 N–H and O–H groups in total. The predicted molar refractivity (Wildman–Crippen MR) is 49.9 cm³/mol. The van der Waals surface area contributed by atoms with Crippen LogP contribution in [0.15, 0.2) is 12.1 Å². The molecule has 3 nitrogen and oxygen atoms in total. The van der Waals surface area contributed by atoms with E-state index in [1.165, 1.54) is 6.92 Å². The first kappa shape index (κ1) is 10.7. The number of benzene rings is 1. The van der Waals surface area contributed by atoms with E-state index in [-0.39, 0.29) is 23.5 Å². The van der Waals surface area contributed by atoms with Gasteiger partial charge in [0, 0.05) is 17.7 Å². The van der Waals surface area contributed by atoms with Gasteiger partial charge in [-0.15, -0.1) is 0 Å². The summed E-state index contributed by atoms with van der Waals surface area (Å²) in [6, 6.07) is 1.64. The molecule has 0 saturated heterocycles. The van der Waals surface area contributed by atoms with E-state index in [2.05, 4.69) is 0 Å². The number of rotatable bonds is 1. The highest BCUT2D eigenvalue weighted by Crippen LogP contribution is 2.31. The van der Waals surface area contributed by atoms with Gasteiger partial charge in [-0.3, -0.25) is 9.59 Å². The van der Waals surface area contributed by atoms with Gasteiger partial charge < -0.3 is 4.74 Å². The predicted octanol–water partition coefficient (Wildman–Crippen LogP) is 1.63. The van der Waals surface area contributed by atoms with Crippen LogP contribution in [0.2, 0.25) is 0 Å². The Morgan fingerprint density at radius 2 is 2.12 bits per heavy atom. The van der Waals surface area contributed by atoms with Crippen LogP contribution in [0.3, 0.4) is 0 Å². The van der Waals surface area contributed by atoms with Crippen molar-refractivity contribution in [1.29, 1.82) is 0 Å². The summed E-state index contributed by atoms with van der Waals surface area (Å²) in [5.41, 5.74) is 0.0706. The number of carbonyl (C=O) groups excluding carboxylic acids is 2. The highest BCUT2D eigenvalue weighted by molar-refractivity contribution is 5.99. The standard InChI is InChI=1S/C11H8F2O3/c1-5(14)7-4-8-9(13)2-6(12)3-10(8)16-11(7)15/h2-3,7H,4H2,1H3. The summed E-state index contributed by atoms with van der Waals surface area (Å²) in [4.78, 5) is 22.4. The Hall–Kier alpha value is -1.78. The van der Waals surface area contributed by atoms with Crippen LogP contribution < -0.4 is 4.74 Å². The van der Waals surface area contributed by atoms with Crippen molar-refractivity contribution in [3.8, 4) is 5.75 Å². The molecule has 1 unspecified atom stereocenters. The van der Waals surface area contributed by atoms with E-state index >= 15 is 0 Å². The molecule has 1 aromatic rings. The molecule has 2 rings (SSSR count). The number of fused-ring (bicyclic) bond motifs is 1. The van der Waals surface area contributed by atoms with E-state index in [1.54, 1.807) is 0 Å². The van der Waals surface area contributed by atoms with Crippen molar-refractivity contribution in [2.75, 3.05) is 0 Å². The zero-order valence-electron chi connectivity index (χ0n) is 8.42. The number of hydrogen-bond donors (Lipinski definition) is 0. The third-order valence-corrected chi connectivity index (χ3v) is 2.51. The summed E-state index contributed by atoms with van der Waals surface area (Å²) in [5, 5.41) is 0. The highest BCUT2D eigenvalue weighted by Gasteiger charge is 2.33. The van der Waals surface area contributed by atoms with E-state index in [9.17, 15) is 18.4 Å². The molecule has 1 atom stereocenters. The second-order valence-corrected chi connectivity index (χ2v) is 3.65. The first-order chi connectivity index (χ1) is 7.49. The maximum absolute atomic E-state index is 13.4. The third-order valence-electron chi connectivity index (χ3n) is 2.51. The minimum atomic E-state index is -0.993. The van der Waals surface area contributed by atoms with Crippen molar-refractivity contribution < 1.29 is 23.1 Å². The molecule has 0 aromatic heterocycles. The summed E-state index contributed by atoms with van der Waals surface area (Å²) in [6.07, 6.45) is -0.0738. The van der Waals surface area contributed by atoms with Crippen LogP contribution in [0.5, 0.6) is 5.75 Å². The molecule has 84 valence electrons. The highest BCUT2D eigenvalue weighted by atomic mass is 19.1. The molecule has 0 amide bonds. The number of hydrogen-bond acceptors (Lipinski definition) is 3. The number of ether oxygens (including phenoxy) is 1. The normalized spacial score (nSPS) is 18.9. The SMILES string of the molecule is CC(=O)C1Cc2c(F)cc(F)cc2OC1=O. The molecular weight excluding hydrogens is 218 g/mol. The molecular formula is C11H8F2O3. The minimum absolute atomic E-state index is 0.0706. The molecule has 5 heteroatoms. The lowest BCUT2D eigenvalue weighted by Crippen LogP contribution is -2.33. The van der Waals surface area contributed by atoms with E-state index in [0.29, 0.717) is 6.07 Å². The van der Waals surface area contributed by atoms with Crippen molar-refractivity contribution in [1.82, 2.24) is 0 Å². The molecule has 1 aromatic carbocycles. The number of Topliss-reactive ketones (excluding diaryl/α,β-unsaturated/α-hetero) is 1. The molecule has 0 saturated carbocycles. The first-order valence-electron chi connectivity index (χ1n) is 4.69. The van der Waals surface area contributed by atoms with E-state index < -0.39 is 23.5 Å². The second-order valence-electron chi connectivity index (χ2n) is 3.65. The summed E-state index contributed by atoms with van der Waals surface area (Å²) in [5.74, 6) is -3.89. The van der Waals surface area contributed by atoms with Gasteiger partial charge in [0.15, 0.2) is 0 Å². The van der Waals surface area contributed by atoms with Crippen LogP contribution in [0.4, 0.5) is 8.78 Å². The summed E-state index contributed by atoms with van der Waals surface area (Å²) >= 11 is 0. The molecule has 1 aliphatic heterocycles. The van der Waals surface area contributed by atoms with E-state index in [4.69, 9.17) is 4.74 Å². The quantitative estimate of drug-likeness (QED) is 0.415. The average molecular weight is 226 g/mol. The molecule has 0 radical (unpaired) electrons. The van der Waals surface area contributed by atoms with Crippen LogP contribution in [-0.2, 0) is 16.0 Å². The lowest BCUT2D eigenvalue weighted by Gasteiger charge is -2.21. The van der Waals surface area contributed by atoms with Gasteiger partial charge in [0.2, 0.25) is 0 Å². The number of carbonyl (C=O) groups is 2. The smallest absolute Gasteiger partial charge is 0.322 e. The fraction of sp³-hybridized carbons (Fsp3) is 0.273. The molecule has 1 aliphatic rings. The molecule has 0 bridgehead atoms. The van der Waals surface area contributed by atoms with Gasteiger partial charge in [-0.05, 0) is 13.3 Å². The molecule has 0 fully saturated rings. The Balaban J connectivity index is 2.47. The lowest BCUT2D eigenvalue weighted by molar-refractivity contribution is -0.144. The average Bonchev–Trinajstić information content (AvgIpc) is 2.15. The second kappa shape index (κ2) is 3.66. The number of halogens is 2. The first-order valence-corrected chi connectivity index (χ1v) is 4.69. The Morgan fingerprint density at radius 3 is 2.75 bits per heavy atom. The molecule has 16 heavy (non-hydrogen) atoms. The summed E-state index contributed by atoms with van der Waals surface area (Å²) in [6.45, 7) is 1.23. The van der Waals surface area contributed by atoms with Crippen molar-refractivity contribution in [3.05, 3.63) is 29.3 Å². The van der Waals surface area contributed by atoms with E-state index in [0.717, 1.165) is 6.07 Å². The fourth-order valence-corrected chi connectivity index (χ4v) is 1.65. The van der Waals surface area contributed by atoms with Crippen LogP contribution in [0.25, 0.3) is 0 Å². The summed E-state index contributed by atoms with van der Waals surface area (Å²) < 4.78 is 30.9. The van der Waals surface area contributed by atoms with Crippen LogP contribution >= 0.6 is 0 Å². The van der Waals surface area contributed by atoms with Gasteiger partial charge in [0.1, 0.15) is 29.1 Å². The summed E-state index contributed by atoms with van der Waals surface area (Å²) in [7, 11) is 0. The zero-order chi connectivity index (χ0) is 11.9. The largest absolute Gasteiger partial charge is 0.425 e. The number of ketones is 1. The number of esters is 1. The minimum Gasteiger partial charge on any atom is -0.425 e. The maximum atomic E-state index is 13.4. The Morgan fingerprint density at radius 1 is 1.44 bits per heavy atom. The zero-order valence-corrected chi connectivity index (χ0v) is 8.42. The van der Waals surface area contributed by atoms with Gasteiger partial charge in [0.25, 0.3) is 0 Å². The van der Waals surface area contributed by atoms with Crippen LogP contribution in [0.1, 0.15) is 12.5 Å². The fourth-order valence-electron chi connectivity index (χ4n) is 1.65. The van der Waals surface area contributed by atoms with Crippen molar-refractivity contribution >= 4 is 11.8 Å². The van der Waals surface area contributed by atoms with E-state index in [1.807, 2.05) is 0 Å². The monoisotopic (exact) mass is 226 g/mol. The maximum Gasteiger partial charge on any atom is 0.322 e. The molecule has 1 heterocycles. The van der Waals surface area contributed by atoms with Gasteiger partial charge in [0.05, 0.1) is 0 Å². The topological polar surface area (TPSA) is 43.4 Å². The Kier molecular flexibility index (Phi) is 2.46. The molecule has 0 spiro atoms. The molecule has 0 aliphatic carbocycles. The van der Waals surface area contributed by atoms with Gasteiger partial charge >= 0.3 is 5.97 Å². The van der Waals surface area contributed by atoms with Crippen molar-refractivity contribution in [2.45, 2.75) is 13.3 Å². The Labute approximate surface area is 90.0 Å². The van der Waals surface area contributed by atoms with Gasteiger partial charge in [-0.25, -0.2) is 8.78 Å².